The van der Waals surface area contributed by atoms with Gasteiger partial charge in [-0.25, -0.2) is 0 Å². The summed E-state index contributed by atoms with van der Waals surface area (Å²) in [6.45, 7) is 7.03. The molecule has 0 aromatic heterocycles. The Morgan fingerprint density at radius 1 is 1.04 bits per heavy atom. The van der Waals surface area contributed by atoms with Gasteiger partial charge in [0.05, 0.1) is 7.11 Å². The maximum absolute atomic E-state index is 12.5. The molecule has 2 aromatic rings. The van der Waals surface area contributed by atoms with E-state index < -0.39 is 0 Å². The molecule has 1 saturated heterocycles. The van der Waals surface area contributed by atoms with Crippen LogP contribution in [0.1, 0.15) is 17.5 Å². The topological polar surface area (TPSA) is 61.9 Å². The van der Waals surface area contributed by atoms with E-state index >= 15 is 0 Å². The van der Waals surface area contributed by atoms with Crippen molar-refractivity contribution in [3.05, 3.63) is 53.6 Å². The molecule has 1 fully saturated rings. The van der Waals surface area contributed by atoms with Crippen molar-refractivity contribution in [3.63, 3.8) is 0 Å². The van der Waals surface area contributed by atoms with Gasteiger partial charge in [0, 0.05) is 43.6 Å². The SMILES string of the molecule is COc1cccc(NC(=O)CC(=O)N2CCN(c3cccc(C)c3C)CC2)c1. The molecule has 0 radical (unpaired) electrons. The monoisotopic (exact) mass is 381 g/mol. The third-order valence-electron chi connectivity index (χ3n) is 5.21. The number of carbonyl (C=O) groups is 2. The van der Waals surface area contributed by atoms with Crippen molar-refractivity contribution in [2.45, 2.75) is 20.3 Å². The third kappa shape index (κ3) is 4.63. The van der Waals surface area contributed by atoms with Crippen molar-refractivity contribution in [2.24, 2.45) is 0 Å². The van der Waals surface area contributed by atoms with Gasteiger partial charge in [0.1, 0.15) is 12.2 Å². The number of aryl methyl sites for hydroxylation is 1. The lowest BCUT2D eigenvalue weighted by molar-refractivity contribution is -0.134. The van der Waals surface area contributed by atoms with Crippen LogP contribution in [0.4, 0.5) is 11.4 Å². The second kappa shape index (κ2) is 8.78. The van der Waals surface area contributed by atoms with E-state index in [0.29, 0.717) is 24.5 Å². The molecule has 28 heavy (non-hydrogen) atoms. The number of amides is 2. The molecule has 1 heterocycles. The average molecular weight is 381 g/mol. The van der Waals surface area contributed by atoms with Gasteiger partial charge in [0.2, 0.25) is 11.8 Å². The first kappa shape index (κ1) is 19.7. The zero-order valence-corrected chi connectivity index (χ0v) is 16.7. The summed E-state index contributed by atoms with van der Waals surface area (Å²) in [5, 5.41) is 2.76. The van der Waals surface area contributed by atoms with Gasteiger partial charge >= 0.3 is 0 Å². The zero-order valence-electron chi connectivity index (χ0n) is 16.7. The summed E-state index contributed by atoms with van der Waals surface area (Å²) in [6.07, 6.45) is -0.152. The van der Waals surface area contributed by atoms with Crippen LogP contribution in [0, 0.1) is 13.8 Å². The number of hydrogen-bond donors (Lipinski definition) is 1. The molecule has 1 N–H and O–H groups in total. The van der Waals surface area contributed by atoms with Crippen LogP contribution in [0.25, 0.3) is 0 Å². The van der Waals surface area contributed by atoms with Crippen LogP contribution in [0.3, 0.4) is 0 Å². The first-order chi connectivity index (χ1) is 13.5. The Kier molecular flexibility index (Phi) is 6.19. The van der Waals surface area contributed by atoms with Gasteiger partial charge in [0.15, 0.2) is 0 Å². The van der Waals surface area contributed by atoms with E-state index in [2.05, 4.69) is 42.3 Å². The second-order valence-corrected chi connectivity index (χ2v) is 7.04. The molecule has 0 bridgehead atoms. The molecule has 1 aliphatic heterocycles. The molecule has 0 aliphatic carbocycles. The highest BCUT2D eigenvalue weighted by Gasteiger charge is 2.23. The maximum Gasteiger partial charge on any atom is 0.233 e. The predicted octanol–water partition coefficient (Wildman–Crippen LogP) is 2.99. The van der Waals surface area contributed by atoms with Crippen molar-refractivity contribution in [1.29, 1.82) is 0 Å². The lowest BCUT2D eigenvalue weighted by Gasteiger charge is -2.37. The fourth-order valence-corrected chi connectivity index (χ4v) is 3.43. The van der Waals surface area contributed by atoms with Crippen LogP contribution in [0.15, 0.2) is 42.5 Å². The van der Waals surface area contributed by atoms with E-state index in [1.54, 1.807) is 36.3 Å². The van der Waals surface area contributed by atoms with Gasteiger partial charge in [-0.2, -0.15) is 0 Å². The Balaban J connectivity index is 1.52. The normalized spacial score (nSPS) is 14.0. The molecule has 0 atom stereocenters. The maximum atomic E-state index is 12.5. The third-order valence-corrected chi connectivity index (χ3v) is 5.21. The largest absolute Gasteiger partial charge is 0.497 e. The van der Waals surface area contributed by atoms with E-state index in [4.69, 9.17) is 4.74 Å². The second-order valence-electron chi connectivity index (χ2n) is 7.04. The highest BCUT2D eigenvalue weighted by Crippen LogP contribution is 2.24. The van der Waals surface area contributed by atoms with Crippen LogP contribution in [0.2, 0.25) is 0 Å². The molecule has 1 aliphatic rings. The number of ether oxygens (including phenoxy) is 1. The van der Waals surface area contributed by atoms with Gasteiger partial charge < -0.3 is 19.9 Å². The summed E-state index contributed by atoms with van der Waals surface area (Å²) in [4.78, 5) is 28.8. The zero-order chi connectivity index (χ0) is 20.1. The van der Waals surface area contributed by atoms with E-state index in [-0.39, 0.29) is 18.2 Å². The summed E-state index contributed by atoms with van der Waals surface area (Å²) in [5.74, 6) is 0.211. The van der Waals surface area contributed by atoms with Crippen molar-refractivity contribution < 1.29 is 14.3 Å². The van der Waals surface area contributed by atoms with Gasteiger partial charge in [-0.15, -0.1) is 0 Å². The first-order valence-electron chi connectivity index (χ1n) is 9.51. The number of nitrogens with one attached hydrogen (secondary N) is 1. The minimum absolute atomic E-state index is 0.138. The molecule has 2 amide bonds. The highest BCUT2D eigenvalue weighted by molar-refractivity contribution is 6.03. The lowest BCUT2D eigenvalue weighted by atomic mass is 10.1. The number of carbonyl (C=O) groups excluding carboxylic acids is 2. The molecular weight excluding hydrogens is 354 g/mol. The first-order valence-corrected chi connectivity index (χ1v) is 9.51. The van der Waals surface area contributed by atoms with E-state index in [1.807, 2.05) is 0 Å². The molecule has 6 heteroatoms. The molecule has 2 aromatic carbocycles. The van der Waals surface area contributed by atoms with Gasteiger partial charge in [0.25, 0.3) is 0 Å². The van der Waals surface area contributed by atoms with Crippen LogP contribution < -0.4 is 15.0 Å². The number of methoxy groups -OCH3 is 1. The van der Waals surface area contributed by atoms with Crippen molar-refractivity contribution >= 4 is 23.2 Å². The van der Waals surface area contributed by atoms with E-state index in [9.17, 15) is 9.59 Å². The van der Waals surface area contributed by atoms with Crippen molar-refractivity contribution in [3.8, 4) is 5.75 Å². The summed E-state index contributed by atoms with van der Waals surface area (Å²) in [7, 11) is 1.57. The Morgan fingerprint density at radius 2 is 1.75 bits per heavy atom. The van der Waals surface area contributed by atoms with Gasteiger partial charge in [-0.05, 0) is 43.2 Å². The van der Waals surface area contributed by atoms with Crippen LogP contribution in [-0.2, 0) is 9.59 Å². The number of piperazine rings is 1. The minimum Gasteiger partial charge on any atom is -0.497 e. The molecule has 0 spiro atoms. The van der Waals surface area contributed by atoms with E-state index in [1.165, 1.54) is 16.8 Å². The number of anilines is 2. The quantitative estimate of drug-likeness (QED) is 0.809. The van der Waals surface area contributed by atoms with Gasteiger partial charge in [-0.3, -0.25) is 9.59 Å². The van der Waals surface area contributed by atoms with Gasteiger partial charge in [-0.1, -0.05) is 18.2 Å². The Hall–Kier alpha value is -3.02. The highest BCUT2D eigenvalue weighted by atomic mass is 16.5. The fourth-order valence-electron chi connectivity index (χ4n) is 3.43. The van der Waals surface area contributed by atoms with E-state index in [0.717, 1.165) is 13.1 Å². The van der Waals surface area contributed by atoms with Crippen molar-refractivity contribution in [2.75, 3.05) is 43.5 Å². The number of hydrogen-bond acceptors (Lipinski definition) is 4. The summed E-state index contributed by atoms with van der Waals surface area (Å²) in [5.41, 5.74) is 4.39. The Morgan fingerprint density at radius 3 is 2.46 bits per heavy atom. The lowest BCUT2D eigenvalue weighted by Crippen LogP contribution is -2.49. The molecule has 0 unspecified atom stereocenters. The fraction of sp³-hybridized carbons (Fsp3) is 0.364. The molecule has 6 nitrogen and oxygen atoms in total. The van der Waals surface area contributed by atoms with Crippen molar-refractivity contribution in [1.82, 2.24) is 4.90 Å². The molecular formula is C22H27N3O3. The Labute approximate surface area is 166 Å². The predicted molar refractivity (Wildman–Crippen MR) is 111 cm³/mol. The van der Waals surface area contributed by atoms with Crippen LogP contribution in [-0.4, -0.2) is 50.0 Å². The number of nitrogens with zero attached hydrogens (tertiary/aromatic N) is 2. The molecule has 148 valence electrons. The Bertz CT molecular complexity index is 858. The number of rotatable bonds is 5. The van der Waals surface area contributed by atoms with Crippen LogP contribution in [0.5, 0.6) is 5.75 Å². The summed E-state index contributed by atoms with van der Waals surface area (Å²) < 4.78 is 5.14. The standard InChI is InChI=1S/C22H27N3O3/c1-16-6-4-9-20(17(16)2)24-10-12-25(13-11-24)22(27)15-21(26)23-18-7-5-8-19(14-18)28-3/h4-9,14H,10-13,15H2,1-3H3,(H,23,26). The van der Waals surface area contributed by atoms with Crippen LogP contribution >= 0.6 is 0 Å². The molecule has 3 rings (SSSR count). The number of benzene rings is 2. The summed E-state index contributed by atoms with van der Waals surface area (Å²) in [6, 6.07) is 13.4. The smallest absolute Gasteiger partial charge is 0.233 e. The molecule has 0 saturated carbocycles. The average Bonchev–Trinajstić information content (AvgIpc) is 2.70. The minimum atomic E-state index is -0.310. The summed E-state index contributed by atoms with van der Waals surface area (Å²) >= 11 is 0.